The van der Waals surface area contributed by atoms with Gasteiger partial charge in [0, 0.05) is 38.3 Å². The van der Waals surface area contributed by atoms with Crippen LogP contribution in [0, 0.1) is 0 Å². The van der Waals surface area contributed by atoms with E-state index in [1.165, 1.54) is 14.1 Å². The largest absolute Gasteiger partial charge is 0.481 e. The van der Waals surface area contributed by atoms with Crippen LogP contribution in [0.2, 0.25) is 0 Å². The van der Waals surface area contributed by atoms with E-state index in [1.807, 2.05) is 42.5 Å². The number of amides is 2. The van der Waals surface area contributed by atoms with Crippen molar-refractivity contribution < 1.29 is 27.9 Å². The summed E-state index contributed by atoms with van der Waals surface area (Å²) in [6.45, 7) is 0.663. The molecular weight excluding hydrogens is 446 g/mol. The number of hydrogen-bond donors (Lipinski definition) is 1. The van der Waals surface area contributed by atoms with Crippen LogP contribution in [0.4, 0.5) is 5.69 Å². The highest BCUT2D eigenvalue weighted by atomic mass is 32.2. The molecule has 0 radical (unpaired) electrons. The van der Waals surface area contributed by atoms with Crippen LogP contribution in [0.3, 0.4) is 0 Å². The van der Waals surface area contributed by atoms with Crippen LogP contribution in [0.15, 0.2) is 54.6 Å². The average molecular weight is 474 g/mol. The molecule has 0 bridgehead atoms. The number of rotatable bonds is 9. The Balaban J connectivity index is 1.81. The number of nitrogens with zero attached hydrogens (tertiary/aromatic N) is 3. The molecule has 1 N–H and O–H groups in total. The molecule has 9 nitrogen and oxygen atoms in total. The van der Waals surface area contributed by atoms with Crippen LogP contribution in [0.25, 0.3) is 11.1 Å². The summed E-state index contributed by atoms with van der Waals surface area (Å²) in [7, 11) is -3.36. The van der Waals surface area contributed by atoms with Crippen LogP contribution in [-0.2, 0) is 24.4 Å². The molecule has 1 heterocycles. The number of carbonyl (C=O) groups is 3. The molecule has 1 aliphatic heterocycles. The van der Waals surface area contributed by atoms with E-state index >= 15 is 0 Å². The highest BCUT2D eigenvalue weighted by Crippen LogP contribution is 2.25. The van der Waals surface area contributed by atoms with Gasteiger partial charge in [-0.05, 0) is 29.7 Å². The molecule has 1 atom stereocenters. The number of sulfonamides is 1. The molecule has 1 fully saturated rings. The van der Waals surface area contributed by atoms with Gasteiger partial charge in [-0.2, -0.15) is 4.31 Å². The van der Waals surface area contributed by atoms with Gasteiger partial charge in [0.15, 0.2) is 0 Å². The van der Waals surface area contributed by atoms with Gasteiger partial charge in [0.25, 0.3) is 0 Å². The summed E-state index contributed by atoms with van der Waals surface area (Å²) in [5, 5.41) is 9.16. The van der Waals surface area contributed by atoms with E-state index in [-0.39, 0.29) is 39.0 Å². The predicted molar refractivity (Wildman–Crippen MR) is 124 cm³/mol. The summed E-state index contributed by atoms with van der Waals surface area (Å²) >= 11 is 0. The highest BCUT2D eigenvalue weighted by Gasteiger charge is 2.33. The number of carboxylic acid groups (broad SMARTS) is 1. The lowest BCUT2D eigenvalue weighted by atomic mass is 10.0. The molecule has 1 saturated heterocycles. The molecule has 0 aliphatic carbocycles. The maximum absolute atomic E-state index is 13.3. The van der Waals surface area contributed by atoms with Crippen LogP contribution in [0.5, 0.6) is 0 Å². The Bertz CT molecular complexity index is 1080. The first-order chi connectivity index (χ1) is 15.7. The summed E-state index contributed by atoms with van der Waals surface area (Å²) < 4.78 is 24.8. The zero-order valence-corrected chi connectivity index (χ0v) is 19.1. The van der Waals surface area contributed by atoms with Gasteiger partial charge in [0.1, 0.15) is 6.04 Å². The Morgan fingerprint density at radius 3 is 2.09 bits per heavy atom. The van der Waals surface area contributed by atoms with Crippen molar-refractivity contribution in [3.8, 4) is 11.1 Å². The number of aliphatic carboxylic acids is 1. The van der Waals surface area contributed by atoms with Crippen molar-refractivity contribution in [1.29, 1.82) is 0 Å². The van der Waals surface area contributed by atoms with Gasteiger partial charge in [-0.15, -0.1) is 0 Å². The molecule has 2 aromatic rings. The van der Waals surface area contributed by atoms with Crippen LogP contribution < -0.4 is 4.90 Å². The van der Waals surface area contributed by atoms with Crippen molar-refractivity contribution in [2.45, 2.75) is 18.9 Å². The number of piperazine rings is 1. The highest BCUT2D eigenvalue weighted by molar-refractivity contribution is 7.88. The maximum atomic E-state index is 13.3. The van der Waals surface area contributed by atoms with Gasteiger partial charge < -0.3 is 14.9 Å². The van der Waals surface area contributed by atoms with Crippen molar-refractivity contribution in [3.63, 3.8) is 0 Å². The fourth-order valence-corrected chi connectivity index (χ4v) is 4.69. The second kappa shape index (κ2) is 10.6. The Hall–Kier alpha value is -3.24. The lowest BCUT2D eigenvalue weighted by molar-refractivity contribution is -0.138. The van der Waals surface area contributed by atoms with Gasteiger partial charge in [0.05, 0.1) is 6.26 Å². The van der Waals surface area contributed by atoms with Crippen molar-refractivity contribution >= 4 is 34.0 Å². The molecule has 176 valence electrons. The Kier molecular flexibility index (Phi) is 7.83. The molecule has 33 heavy (non-hydrogen) atoms. The van der Waals surface area contributed by atoms with E-state index in [4.69, 9.17) is 5.11 Å². The number of carboxylic acids is 1. The number of anilines is 1. The van der Waals surface area contributed by atoms with E-state index in [1.54, 1.807) is 12.1 Å². The van der Waals surface area contributed by atoms with Crippen molar-refractivity contribution in [2.75, 3.05) is 37.3 Å². The second-order valence-electron chi connectivity index (χ2n) is 7.86. The maximum Gasteiger partial charge on any atom is 0.303 e. The standard InChI is InChI=1S/C23H27N3O6S/c1-33(31,32)25-15-13-24(14-16-25)23(30)21(11-12-22(28)29)26(17-27)20-9-7-19(8-10-20)18-5-3-2-4-6-18/h2-10,17,21H,11-16H2,1H3,(H,28,29)/t21-/m0/s1. The van der Waals surface area contributed by atoms with E-state index in [0.717, 1.165) is 17.4 Å². The van der Waals surface area contributed by atoms with E-state index in [9.17, 15) is 22.8 Å². The molecule has 2 amide bonds. The summed E-state index contributed by atoms with van der Waals surface area (Å²) in [6, 6.07) is 15.8. The van der Waals surface area contributed by atoms with Gasteiger partial charge >= 0.3 is 5.97 Å². The van der Waals surface area contributed by atoms with Gasteiger partial charge in [-0.1, -0.05) is 42.5 Å². The van der Waals surface area contributed by atoms with E-state index < -0.39 is 27.9 Å². The van der Waals surface area contributed by atoms with Crippen LogP contribution >= 0.6 is 0 Å². The van der Waals surface area contributed by atoms with Crippen molar-refractivity contribution in [3.05, 3.63) is 54.6 Å². The fraction of sp³-hybridized carbons (Fsp3) is 0.348. The quantitative estimate of drug-likeness (QED) is 0.554. The van der Waals surface area contributed by atoms with Gasteiger partial charge in [-0.25, -0.2) is 8.42 Å². The molecule has 1 aliphatic rings. The molecular formula is C23H27N3O6S. The Morgan fingerprint density at radius 1 is 1.00 bits per heavy atom. The third-order valence-corrected chi connectivity index (χ3v) is 6.96. The topological polar surface area (TPSA) is 115 Å². The lowest BCUT2D eigenvalue weighted by Gasteiger charge is -2.37. The van der Waals surface area contributed by atoms with Crippen LogP contribution in [0.1, 0.15) is 12.8 Å². The smallest absolute Gasteiger partial charge is 0.303 e. The molecule has 0 unspecified atom stereocenters. The Labute approximate surface area is 193 Å². The fourth-order valence-electron chi connectivity index (χ4n) is 3.86. The SMILES string of the molecule is CS(=O)(=O)N1CCN(C(=O)[C@H](CCC(=O)O)N(C=O)c2ccc(-c3ccccc3)cc2)CC1. The number of benzene rings is 2. The summed E-state index contributed by atoms with van der Waals surface area (Å²) in [6.07, 6.45) is 1.31. The number of hydrogen-bond acceptors (Lipinski definition) is 5. The average Bonchev–Trinajstić information content (AvgIpc) is 2.81. The molecule has 2 aromatic carbocycles. The van der Waals surface area contributed by atoms with Gasteiger partial charge in [0.2, 0.25) is 22.3 Å². The molecule has 0 spiro atoms. The minimum absolute atomic E-state index is 0.0559. The molecule has 0 saturated carbocycles. The molecule has 0 aromatic heterocycles. The molecule has 10 heteroatoms. The zero-order valence-electron chi connectivity index (χ0n) is 18.3. The first-order valence-electron chi connectivity index (χ1n) is 10.6. The monoisotopic (exact) mass is 473 g/mol. The normalized spacial score (nSPS) is 15.6. The van der Waals surface area contributed by atoms with Crippen LogP contribution in [-0.4, -0.2) is 79.5 Å². The van der Waals surface area contributed by atoms with Crippen molar-refractivity contribution in [2.24, 2.45) is 0 Å². The Morgan fingerprint density at radius 2 is 1.58 bits per heavy atom. The van der Waals surface area contributed by atoms with Crippen molar-refractivity contribution in [1.82, 2.24) is 9.21 Å². The van der Waals surface area contributed by atoms with E-state index in [2.05, 4.69) is 0 Å². The minimum Gasteiger partial charge on any atom is -0.481 e. The first kappa shape index (κ1) is 24.4. The summed E-state index contributed by atoms with van der Waals surface area (Å²) in [5.74, 6) is -1.47. The zero-order chi connectivity index (χ0) is 24.0. The number of carbonyl (C=O) groups excluding carboxylic acids is 2. The summed E-state index contributed by atoms with van der Waals surface area (Å²) in [4.78, 5) is 39.3. The third kappa shape index (κ3) is 6.17. The van der Waals surface area contributed by atoms with E-state index in [0.29, 0.717) is 12.1 Å². The summed E-state index contributed by atoms with van der Waals surface area (Å²) in [5.41, 5.74) is 2.42. The molecule has 3 rings (SSSR count). The predicted octanol–water partition coefficient (Wildman–Crippen LogP) is 1.65. The lowest BCUT2D eigenvalue weighted by Crippen LogP contribution is -2.55. The first-order valence-corrected chi connectivity index (χ1v) is 12.4. The third-order valence-electron chi connectivity index (χ3n) is 5.66. The van der Waals surface area contributed by atoms with Gasteiger partial charge in [-0.3, -0.25) is 14.4 Å². The second-order valence-corrected chi connectivity index (χ2v) is 9.84. The minimum atomic E-state index is -3.36.